The van der Waals surface area contributed by atoms with Crippen LogP contribution in [-0.4, -0.2) is 53.2 Å². The summed E-state index contributed by atoms with van der Waals surface area (Å²) >= 11 is 0. The van der Waals surface area contributed by atoms with E-state index in [1.54, 1.807) is 14.2 Å². The number of benzene rings is 1. The second-order valence-corrected chi connectivity index (χ2v) is 8.06. The summed E-state index contributed by atoms with van der Waals surface area (Å²) in [4.78, 5) is 24.0. The topological polar surface area (TPSA) is 90.6 Å². The van der Waals surface area contributed by atoms with Gasteiger partial charge in [0.25, 0.3) is 0 Å². The molecule has 8 nitrogen and oxygen atoms in total. The highest BCUT2D eigenvalue weighted by atomic mass is 16.5. The summed E-state index contributed by atoms with van der Waals surface area (Å²) in [7, 11) is 3.22. The van der Waals surface area contributed by atoms with Crippen molar-refractivity contribution in [1.29, 1.82) is 0 Å². The van der Waals surface area contributed by atoms with Crippen LogP contribution in [0.15, 0.2) is 35.0 Å². The first-order chi connectivity index (χ1) is 15.5. The van der Waals surface area contributed by atoms with Crippen LogP contribution in [0.3, 0.4) is 0 Å². The highest BCUT2D eigenvalue weighted by Crippen LogP contribution is 2.34. The van der Waals surface area contributed by atoms with Gasteiger partial charge in [0.1, 0.15) is 17.3 Å². The standard InChI is InChI=1S/C24H28N4O4/c1-15-11-22(32-27-15)20-14-25-16(2)26-24(20)17-7-9-28(10-8-17)23(29)13-18-12-19(30-3)5-6-21(18)31-4/h5-6,11-12,14,17H,7-10,13H2,1-4H3. The number of hydrogen-bond acceptors (Lipinski definition) is 7. The van der Waals surface area contributed by atoms with Crippen molar-refractivity contribution in [2.24, 2.45) is 0 Å². The lowest BCUT2D eigenvalue weighted by Crippen LogP contribution is -2.39. The van der Waals surface area contributed by atoms with Crippen LogP contribution in [0.4, 0.5) is 0 Å². The van der Waals surface area contributed by atoms with Crippen molar-refractivity contribution in [1.82, 2.24) is 20.0 Å². The summed E-state index contributed by atoms with van der Waals surface area (Å²) in [6, 6.07) is 7.42. The van der Waals surface area contributed by atoms with Crippen molar-refractivity contribution < 1.29 is 18.8 Å². The van der Waals surface area contributed by atoms with Gasteiger partial charge < -0.3 is 18.9 Å². The van der Waals surface area contributed by atoms with Gasteiger partial charge in [0, 0.05) is 36.8 Å². The van der Waals surface area contributed by atoms with Crippen LogP contribution >= 0.6 is 0 Å². The number of rotatable bonds is 6. The Hall–Kier alpha value is -3.42. The Balaban J connectivity index is 1.46. The van der Waals surface area contributed by atoms with Crippen molar-refractivity contribution >= 4 is 5.91 Å². The molecule has 0 aliphatic carbocycles. The first-order valence-electron chi connectivity index (χ1n) is 10.7. The molecule has 168 valence electrons. The number of aromatic nitrogens is 3. The minimum Gasteiger partial charge on any atom is -0.497 e. The van der Waals surface area contributed by atoms with E-state index < -0.39 is 0 Å². The lowest BCUT2D eigenvalue weighted by molar-refractivity contribution is -0.131. The van der Waals surface area contributed by atoms with E-state index in [9.17, 15) is 4.79 Å². The van der Waals surface area contributed by atoms with E-state index in [1.807, 2.05) is 49.2 Å². The van der Waals surface area contributed by atoms with Crippen LogP contribution in [0.25, 0.3) is 11.3 Å². The van der Waals surface area contributed by atoms with Crippen molar-refractivity contribution in [3.8, 4) is 22.8 Å². The summed E-state index contributed by atoms with van der Waals surface area (Å²) in [5.74, 6) is 3.12. The van der Waals surface area contributed by atoms with E-state index in [0.29, 0.717) is 30.3 Å². The highest BCUT2D eigenvalue weighted by Gasteiger charge is 2.28. The Kier molecular flexibility index (Phi) is 6.39. The van der Waals surface area contributed by atoms with E-state index in [2.05, 4.69) is 10.1 Å². The van der Waals surface area contributed by atoms with E-state index in [0.717, 1.165) is 41.2 Å². The predicted octanol–water partition coefficient (Wildman–Crippen LogP) is 3.71. The summed E-state index contributed by atoms with van der Waals surface area (Å²) in [6.45, 7) is 5.13. The fourth-order valence-corrected chi connectivity index (χ4v) is 4.18. The quantitative estimate of drug-likeness (QED) is 0.582. The molecular formula is C24H28N4O4. The number of likely N-dealkylation sites (tertiary alicyclic amines) is 1. The molecule has 1 aromatic carbocycles. The molecule has 0 saturated carbocycles. The van der Waals surface area contributed by atoms with Gasteiger partial charge in [-0.2, -0.15) is 0 Å². The number of nitrogens with zero attached hydrogens (tertiary/aromatic N) is 4. The molecule has 0 N–H and O–H groups in total. The van der Waals surface area contributed by atoms with Crippen molar-refractivity contribution in [3.63, 3.8) is 0 Å². The van der Waals surface area contributed by atoms with Crippen LogP contribution in [0, 0.1) is 13.8 Å². The SMILES string of the molecule is COc1ccc(OC)c(CC(=O)N2CCC(c3nc(C)ncc3-c3cc(C)no3)CC2)c1. The van der Waals surface area contributed by atoms with E-state index in [-0.39, 0.29) is 18.2 Å². The molecule has 4 rings (SSSR count). The van der Waals surface area contributed by atoms with E-state index in [1.165, 1.54) is 0 Å². The van der Waals surface area contributed by atoms with E-state index >= 15 is 0 Å². The van der Waals surface area contributed by atoms with Crippen LogP contribution in [0.5, 0.6) is 11.5 Å². The van der Waals surface area contributed by atoms with Gasteiger partial charge in [-0.3, -0.25) is 4.79 Å². The molecule has 1 saturated heterocycles. The average molecular weight is 437 g/mol. The molecule has 8 heteroatoms. The molecule has 0 atom stereocenters. The smallest absolute Gasteiger partial charge is 0.227 e. The maximum atomic E-state index is 13.0. The number of amides is 1. The van der Waals surface area contributed by atoms with Crippen molar-refractivity contribution in [2.75, 3.05) is 27.3 Å². The Labute approximate surface area is 187 Å². The first-order valence-corrected chi connectivity index (χ1v) is 10.7. The third-order valence-corrected chi connectivity index (χ3v) is 5.90. The number of carbonyl (C=O) groups excluding carboxylic acids is 1. The number of aryl methyl sites for hydroxylation is 2. The van der Waals surface area contributed by atoms with Gasteiger partial charge in [0.2, 0.25) is 5.91 Å². The van der Waals surface area contributed by atoms with Crippen molar-refractivity contribution in [3.05, 3.63) is 53.2 Å². The van der Waals surface area contributed by atoms with Gasteiger partial charge >= 0.3 is 0 Å². The molecular weight excluding hydrogens is 408 g/mol. The van der Waals surface area contributed by atoms with Crippen LogP contribution in [-0.2, 0) is 11.2 Å². The molecule has 0 unspecified atom stereocenters. The zero-order valence-corrected chi connectivity index (χ0v) is 18.9. The van der Waals surface area contributed by atoms with E-state index in [4.69, 9.17) is 19.0 Å². The monoisotopic (exact) mass is 436 g/mol. The predicted molar refractivity (Wildman–Crippen MR) is 119 cm³/mol. The van der Waals surface area contributed by atoms with Gasteiger partial charge in [-0.05, 0) is 44.9 Å². The van der Waals surface area contributed by atoms with Gasteiger partial charge in [0.15, 0.2) is 5.76 Å². The van der Waals surface area contributed by atoms with Gasteiger partial charge in [-0.25, -0.2) is 9.97 Å². The second kappa shape index (κ2) is 9.38. The first kappa shape index (κ1) is 21.8. The Morgan fingerprint density at radius 1 is 1.16 bits per heavy atom. The number of hydrogen-bond donors (Lipinski definition) is 0. The summed E-state index contributed by atoms with van der Waals surface area (Å²) in [5, 5.41) is 4.00. The third kappa shape index (κ3) is 4.59. The largest absolute Gasteiger partial charge is 0.497 e. The molecule has 2 aromatic heterocycles. The number of methoxy groups -OCH3 is 2. The lowest BCUT2D eigenvalue weighted by Gasteiger charge is -2.32. The summed E-state index contributed by atoms with van der Waals surface area (Å²) in [6.07, 6.45) is 3.75. The van der Waals surface area contributed by atoms with Crippen LogP contribution in [0.2, 0.25) is 0 Å². The van der Waals surface area contributed by atoms with Crippen LogP contribution < -0.4 is 9.47 Å². The molecule has 0 radical (unpaired) electrons. The summed E-state index contributed by atoms with van der Waals surface area (Å²) < 4.78 is 16.2. The average Bonchev–Trinajstić information content (AvgIpc) is 3.25. The zero-order chi connectivity index (χ0) is 22.7. The minimum atomic E-state index is 0.0833. The van der Waals surface area contributed by atoms with Gasteiger partial charge in [-0.15, -0.1) is 0 Å². The Morgan fingerprint density at radius 3 is 2.59 bits per heavy atom. The highest BCUT2D eigenvalue weighted by molar-refractivity contribution is 5.80. The Morgan fingerprint density at radius 2 is 1.94 bits per heavy atom. The number of carbonyl (C=O) groups is 1. The van der Waals surface area contributed by atoms with Gasteiger partial charge in [0.05, 0.1) is 37.6 Å². The third-order valence-electron chi connectivity index (χ3n) is 5.90. The Bertz CT molecular complexity index is 1100. The van der Waals surface area contributed by atoms with Crippen molar-refractivity contribution in [2.45, 2.75) is 39.0 Å². The maximum absolute atomic E-state index is 13.0. The van der Waals surface area contributed by atoms with Gasteiger partial charge in [-0.1, -0.05) is 5.16 Å². The molecule has 1 aliphatic heterocycles. The molecule has 1 fully saturated rings. The second-order valence-electron chi connectivity index (χ2n) is 8.06. The molecule has 3 aromatic rings. The van der Waals surface area contributed by atoms with Crippen LogP contribution in [0.1, 0.15) is 41.5 Å². The number of piperidine rings is 1. The lowest BCUT2D eigenvalue weighted by atomic mass is 9.90. The molecule has 0 spiro atoms. The molecule has 32 heavy (non-hydrogen) atoms. The molecule has 0 bridgehead atoms. The normalized spacial score (nSPS) is 14.4. The molecule has 3 heterocycles. The maximum Gasteiger partial charge on any atom is 0.227 e. The summed E-state index contributed by atoms with van der Waals surface area (Å²) in [5.41, 5.74) is 3.49. The minimum absolute atomic E-state index is 0.0833. The fourth-order valence-electron chi connectivity index (χ4n) is 4.18. The number of ether oxygens (including phenoxy) is 2. The fraction of sp³-hybridized carbons (Fsp3) is 0.417. The molecule has 1 aliphatic rings. The zero-order valence-electron chi connectivity index (χ0n) is 18.9. The molecule has 1 amide bonds.